The predicted octanol–water partition coefficient (Wildman–Crippen LogP) is 3.72. The Bertz CT molecular complexity index is 1000. The molecule has 154 valence electrons. The fourth-order valence-corrected chi connectivity index (χ4v) is 3.23. The number of amides is 2. The van der Waals surface area contributed by atoms with Gasteiger partial charge in [0.1, 0.15) is 23.8 Å². The van der Waals surface area contributed by atoms with E-state index in [2.05, 4.69) is 10.6 Å². The third-order valence-electron chi connectivity index (χ3n) is 4.06. The molecule has 2 N–H and O–H groups in total. The van der Waals surface area contributed by atoms with Crippen LogP contribution in [0, 0.1) is 0 Å². The molecule has 3 aromatic rings. The lowest BCUT2D eigenvalue weighted by Gasteiger charge is -2.12. The van der Waals surface area contributed by atoms with Crippen LogP contribution in [-0.2, 0) is 4.79 Å². The van der Waals surface area contributed by atoms with Gasteiger partial charge >= 0.3 is 0 Å². The van der Waals surface area contributed by atoms with Crippen molar-refractivity contribution in [3.8, 4) is 11.5 Å². The van der Waals surface area contributed by atoms with Crippen LogP contribution in [-0.4, -0.2) is 32.1 Å². The second-order valence-corrected chi connectivity index (χ2v) is 7.16. The molecule has 0 atom stereocenters. The maximum Gasteiger partial charge on any atom is 0.267 e. The Morgan fingerprint density at radius 2 is 1.80 bits per heavy atom. The van der Waals surface area contributed by atoms with E-state index in [4.69, 9.17) is 9.47 Å². The fraction of sp³-hybridized carbons (Fsp3) is 0.130. The number of nitrogens with one attached hydrogen (secondary N) is 2. The van der Waals surface area contributed by atoms with Gasteiger partial charge < -0.3 is 20.1 Å². The summed E-state index contributed by atoms with van der Waals surface area (Å²) in [7, 11) is 1.59. The quantitative estimate of drug-likeness (QED) is 0.407. The third-order valence-corrected chi connectivity index (χ3v) is 4.88. The van der Waals surface area contributed by atoms with Crippen molar-refractivity contribution >= 4 is 29.2 Å². The summed E-state index contributed by atoms with van der Waals surface area (Å²) in [4.78, 5) is 26.0. The first kappa shape index (κ1) is 21.1. The average molecular weight is 423 g/mol. The molecule has 0 aliphatic rings. The molecule has 0 spiro atoms. The molecule has 0 fully saturated rings. The summed E-state index contributed by atoms with van der Waals surface area (Å²) in [6.45, 7) is 0.552. The van der Waals surface area contributed by atoms with Gasteiger partial charge in [-0.2, -0.15) is 0 Å². The Kier molecular flexibility index (Phi) is 7.63. The molecular formula is C23H22N2O4S. The fourth-order valence-electron chi connectivity index (χ4n) is 2.58. The largest absolute Gasteiger partial charge is 0.497 e. The highest BCUT2D eigenvalue weighted by Crippen LogP contribution is 2.18. The molecule has 0 saturated heterocycles. The minimum atomic E-state index is -0.387. The van der Waals surface area contributed by atoms with E-state index in [0.717, 1.165) is 4.88 Å². The number of thiophene rings is 1. The molecule has 0 aliphatic heterocycles. The van der Waals surface area contributed by atoms with Crippen LogP contribution < -0.4 is 20.1 Å². The highest BCUT2D eigenvalue weighted by atomic mass is 32.1. The van der Waals surface area contributed by atoms with Crippen molar-refractivity contribution in [2.75, 3.05) is 20.3 Å². The minimum Gasteiger partial charge on any atom is -0.497 e. The lowest BCUT2D eigenvalue weighted by molar-refractivity contribution is -0.117. The van der Waals surface area contributed by atoms with Crippen LogP contribution in [0.2, 0.25) is 0 Å². The number of rotatable bonds is 9. The standard InChI is InChI=1S/C23H22N2O4S/c1-28-18-9-5-10-19(15-18)29-13-12-24-23(27)21(16-20-11-6-14-30-20)25-22(26)17-7-3-2-4-8-17/h2-11,14-16H,12-13H2,1H3,(H,24,27)(H,25,26)/b21-16-. The lowest BCUT2D eigenvalue weighted by Crippen LogP contribution is -2.36. The first-order valence-corrected chi connectivity index (χ1v) is 10.2. The summed E-state index contributed by atoms with van der Waals surface area (Å²) >= 11 is 1.48. The summed E-state index contributed by atoms with van der Waals surface area (Å²) in [5, 5.41) is 7.39. The van der Waals surface area contributed by atoms with E-state index < -0.39 is 0 Å². The second-order valence-electron chi connectivity index (χ2n) is 6.18. The predicted molar refractivity (Wildman–Crippen MR) is 118 cm³/mol. The van der Waals surface area contributed by atoms with E-state index >= 15 is 0 Å². The lowest BCUT2D eigenvalue weighted by atomic mass is 10.2. The minimum absolute atomic E-state index is 0.174. The number of hydrogen-bond acceptors (Lipinski definition) is 5. The average Bonchev–Trinajstić information content (AvgIpc) is 3.30. The zero-order valence-electron chi connectivity index (χ0n) is 16.5. The number of carbonyl (C=O) groups is 2. The maximum atomic E-state index is 12.7. The van der Waals surface area contributed by atoms with Crippen molar-refractivity contribution < 1.29 is 19.1 Å². The van der Waals surface area contributed by atoms with Crippen LogP contribution >= 0.6 is 11.3 Å². The number of ether oxygens (including phenoxy) is 2. The van der Waals surface area contributed by atoms with Crippen molar-refractivity contribution in [3.63, 3.8) is 0 Å². The van der Waals surface area contributed by atoms with E-state index in [9.17, 15) is 9.59 Å². The highest BCUT2D eigenvalue weighted by molar-refractivity contribution is 7.10. The molecule has 0 bridgehead atoms. The van der Waals surface area contributed by atoms with Crippen molar-refractivity contribution in [1.82, 2.24) is 10.6 Å². The molecule has 7 heteroatoms. The van der Waals surface area contributed by atoms with Crippen molar-refractivity contribution in [2.45, 2.75) is 0 Å². The van der Waals surface area contributed by atoms with Gasteiger partial charge in [-0.05, 0) is 41.8 Å². The van der Waals surface area contributed by atoms with Gasteiger partial charge in [-0.15, -0.1) is 11.3 Å². The summed E-state index contributed by atoms with van der Waals surface area (Å²) in [5.74, 6) is 0.611. The Hall–Kier alpha value is -3.58. The van der Waals surface area contributed by atoms with Gasteiger partial charge in [-0.1, -0.05) is 30.3 Å². The van der Waals surface area contributed by atoms with Gasteiger partial charge in [0, 0.05) is 16.5 Å². The van der Waals surface area contributed by atoms with Crippen LogP contribution in [0.25, 0.3) is 6.08 Å². The maximum absolute atomic E-state index is 12.7. The highest BCUT2D eigenvalue weighted by Gasteiger charge is 2.14. The Morgan fingerprint density at radius 3 is 2.53 bits per heavy atom. The smallest absolute Gasteiger partial charge is 0.267 e. The van der Waals surface area contributed by atoms with Gasteiger partial charge in [-0.25, -0.2) is 0 Å². The van der Waals surface area contributed by atoms with Crippen LogP contribution in [0.3, 0.4) is 0 Å². The summed E-state index contributed by atoms with van der Waals surface area (Å²) < 4.78 is 10.8. The Balaban J connectivity index is 1.60. The summed E-state index contributed by atoms with van der Waals surface area (Å²) in [5.41, 5.74) is 0.649. The van der Waals surface area contributed by atoms with Crippen LogP contribution in [0.5, 0.6) is 11.5 Å². The summed E-state index contributed by atoms with van der Waals surface area (Å²) in [6, 6.07) is 19.7. The SMILES string of the molecule is COc1cccc(OCCNC(=O)/C(=C/c2cccs2)NC(=O)c2ccccc2)c1. The Labute approximate surface area is 179 Å². The zero-order valence-corrected chi connectivity index (χ0v) is 17.3. The number of carbonyl (C=O) groups excluding carboxylic acids is 2. The zero-order chi connectivity index (χ0) is 21.2. The molecule has 0 aliphatic carbocycles. The molecule has 0 radical (unpaired) electrons. The van der Waals surface area contributed by atoms with Crippen molar-refractivity contribution in [2.24, 2.45) is 0 Å². The number of benzene rings is 2. The second kappa shape index (κ2) is 10.8. The van der Waals surface area contributed by atoms with Gasteiger partial charge in [0.05, 0.1) is 13.7 Å². The van der Waals surface area contributed by atoms with Gasteiger partial charge in [0.25, 0.3) is 11.8 Å². The van der Waals surface area contributed by atoms with Crippen molar-refractivity contribution in [3.05, 3.63) is 88.2 Å². The Morgan fingerprint density at radius 1 is 1.00 bits per heavy atom. The molecular weight excluding hydrogens is 400 g/mol. The normalized spacial score (nSPS) is 10.9. The molecule has 1 heterocycles. The van der Waals surface area contributed by atoms with Crippen LogP contribution in [0.4, 0.5) is 0 Å². The molecule has 3 rings (SSSR count). The molecule has 2 amide bonds. The third kappa shape index (κ3) is 6.22. The van der Waals surface area contributed by atoms with E-state index in [1.54, 1.807) is 43.5 Å². The number of methoxy groups -OCH3 is 1. The first-order valence-electron chi connectivity index (χ1n) is 9.32. The molecule has 0 unspecified atom stereocenters. The molecule has 1 aromatic heterocycles. The van der Waals surface area contributed by atoms with Gasteiger partial charge in [0.15, 0.2) is 0 Å². The molecule has 0 saturated carbocycles. The van der Waals surface area contributed by atoms with E-state index in [-0.39, 0.29) is 30.7 Å². The van der Waals surface area contributed by atoms with Gasteiger partial charge in [-0.3, -0.25) is 9.59 Å². The molecule has 6 nitrogen and oxygen atoms in total. The topological polar surface area (TPSA) is 76.7 Å². The molecule has 2 aromatic carbocycles. The van der Waals surface area contributed by atoms with Crippen molar-refractivity contribution in [1.29, 1.82) is 0 Å². The van der Waals surface area contributed by atoms with Crippen LogP contribution in [0.1, 0.15) is 15.2 Å². The van der Waals surface area contributed by atoms with E-state index in [1.165, 1.54) is 11.3 Å². The molecule has 30 heavy (non-hydrogen) atoms. The van der Waals surface area contributed by atoms with Gasteiger partial charge in [0.2, 0.25) is 0 Å². The number of hydrogen-bond donors (Lipinski definition) is 2. The first-order chi connectivity index (χ1) is 14.7. The summed E-state index contributed by atoms with van der Waals surface area (Å²) in [6.07, 6.45) is 1.66. The van der Waals surface area contributed by atoms with E-state index in [0.29, 0.717) is 17.1 Å². The van der Waals surface area contributed by atoms with Crippen LogP contribution in [0.15, 0.2) is 77.8 Å². The van der Waals surface area contributed by atoms with E-state index in [1.807, 2.05) is 41.8 Å². The monoisotopic (exact) mass is 422 g/mol.